The number of nitrogens with one attached hydrogen (secondary N) is 2. The fourth-order valence-corrected chi connectivity index (χ4v) is 2.87. The Morgan fingerprint density at radius 3 is 2.50 bits per heavy atom. The summed E-state index contributed by atoms with van der Waals surface area (Å²) in [5, 5.41) is 14.5. The molecule has 0 aliphatic carbocycles. The maximum Gasteiger partial charge on any atom is 0.326 e. The van der Waals surface area contributed by atoms with Gasteiger partial charge in [-0.2, -0.15) is 0 Å². The van der Waals surface area contributed by atoms with Crippen molar-refractivity contribution in [2.75, 3.05) is 7.11 Å². The van der Waals surface area contributed by atoms with E-state index in [2.05, 4.69) is 15.6 Å². The second-order valence-corrected chi connectivity index (χ2v) is 6.74. The van der Waals surface area contributed by atoms with E-state index in [4.69, 9.17) is 4.74 Å². The van der Waals surface area contributed by atoms with E-state index < -0.39 is 29.9 Å². The molecule has 9 heteroatoms. The third-order valence-electron chi connectivity index (χ3n) is 4.55. The largest absolute Gasteiger partial charge is 0.497 e. The molecule has 2 heterocycles. The Bertz CT molecular complexity index is 1030. The predicted molar refractivity (Wildman–Crippen MR) is 108 cm³/mol. The van der Waals surface area contributed by atoms with E-state index in [0.717, 1.165) is 5.56 Å². The van der Waals surface area contributed by atoms with Crippen LogP contribution in [0.4, 0.5) is 0 Å². The van der Waals surface area contributed by atoms with Crippen LogP contribution in [-0.4, -0.2) is 51.5 Å². The van der Waals surface area contributed by atoms with E-state index in [-0.39, 0.29) is 12.1 Å². The molecule has 2 amide bonds. The van der Waals surface area contributed by atoms with Crippen molar-refractivity contribution in [2.45, 2.75) is 25.4 Å². The van der Waals surface area contributed by atoms with Crippen molar-refractivity contribution in [3.8, 4) is 5.75 Å². The molecule has 9 nitrogen and oxygen atoms in total. The third-order valence-corrected chi connectivity index (χ3v) is 4.55. The smallest absolute Gasteiger partial charge is 0.326 e. The minimum Gasteiger partial charge on any atom is -0.497 e. The van der Waals surface area contributed by atoms with Crippen LogP contribution in [0.5, 0.6) is 5.75 Å². The van der Waals surface area contributed by atoms with Crippen LogP contribution in [0.3, 0.4) is 0 Å². The minimum absolute atomic E-state index is 0.0954. The highest BCUT2D eigenvalue weighted by Crippen LogP contribution is 2.13. The van der Waals surface area contributed by atoms with Gasteiger partial charge in [0.15, 0.2) is 0 Å². The number of fused-ring (bicyclic) bond motifs is 1. The lowest BCUT2D eigenvalue weighted by Gasteiger charge is -2.18. The molecule has 2 aromatic heterocycles. The number of nitrogens with zero attached hydrogens (tertiary/aromatic N) is 2. The summed E-state index contributed by atoms with van der Waals surface area (Å²) in [6.45, 7) is 1.48. The number of carboxylic acid groups (broad SMARTS) is 1. The first kappa shape index (κ1) is 20.8. The third kappa shape index (κ3) is 4.93. The van der Waals surface area contributed by atoms with Gasteiger partial charge in [0.25, 0.3) is 5.91 Å². The summed E-state index contributed by atoms with van der Waals surface area (Å²) < 4.78 is 6.77. The maximum absolute atomic E-state index is 12.5. The SMILES string of the molecule is COc1ccc(CC(NC(=O)C(C)NC(=O)c2cn3ccccc3n2)C(=O)O)cc1. The number of ether oxygens (including phenoxy) is 1. The molecule has 3 rings (SSSR count). The van der Waals surface area contributed by atoms with Gasteiger partial charge in [0.2, 0.25) is 5.91 Å². The second-order valence-electron chi connectivity index (χ2n) is 6.74. The standard InChI is InChI=1S/C21H22N4O5/c1-13(22-20(27)17-12-25-10-4-3-5-18(25)23-17)19(26)24-16(21(28)29)11-14-6-8-15(30-2)9-7-14/h3-10,12-13,16H,11H2,1-2H3,(H,22,27)(H,24,26)(H,28,29). The number of hydrogen-bond donors (Lipinski definition) is 3. The lowest BCUT2D eigenvalue weighted by molar-refractivity contribution is -0.142. The lowest BCUT2D eigenvalue weighted by atomic mass is 10.1. The number of methoxy groups -OCH3 is 1. The molecule has 2 unspecified atom stereocenters. The van der Waals surface area contributed by atoms with Crippen molar-refractivity contribution in [2.24, 2.45) is 0 Å². The van der Waals surface area contributed by atoms with Crippen LogP contribution >= 0.6 is 0 Å². The van der Waals surface area contributed by atoms with E-state index >= 15 is 0 Å². The molecule has 0 bridgehead atoms. The van der Waals surface area contributed by atoms with Gasteiger partial charge in [-0.15, -0.1) is 0 Å². The minimum atomic E-state index is -1.17. The van der Waals surface area contributed by atoms with Gasteiger partial charge >= 0.3 is 5.97 Å². The van der Waals surface area contributed by atoms with Crippen LogP contribution in [0.25, 0.3) is 5.65 Å². The molecule has 156 valence electrons. The Labute approximate surface area is 172 Å². The van der Waals surface area contributed by atoms with Gasteiger partial charge in [0, 0.05) is 18.8 Å². The van der Waals surface area contributed by atoms with E-state index in [0.29, 0.717) is 11.4 Å². The number of imidazole rings is 1. The molecule has 0 aliphatic rings. The van der Waals surface area contributed by atoms with Crippen molar-refractivity contribution in [3.63, 3.8) is 0 Å². The first-order valence-electron chi connectivity index (χ1n) is 9.28. The van der Waals surface area contributed by atoms with Crippen molar-refractivity contribution >= 4 is 23.4 Å². The first-order valence-corrected chi connectivity index (χ1v) is 9.28. The quantitative estimate of drug-likeness (QED) is 0.514. The number of aromatic nitrogens is 2. The summed E-state index contributed by atoms with van der Waals surface area (Å²) in [7, 11) is 1.54. The maximum atomic E-state index is 12.5. The fourth-order valence-electron chi connectivity index (χ4n) is 2.87. The van der Waals surface area contributed by atoms with Crippen molar-refractivity contribution < 1.29 is 24.2 Å². The molecule has 0 spiro atoms. The normalized spacial score (nSPS) is 12.7. The van der Waals surface area contributed by atoms with Crippen molar-refractivity contribution in [1.29, 1.82) is 0 Å². The molecule has 0 fully saturated rings. The lowest BCUT2D eigenvalue weighted by Crippen LogP contribution is -2.51. The predicted octanol–water partition coefficient (Wildman–Crippen LogP) is 1.27. The number of benzene rings is 1. The summed E-state index contributed by atoms with van der Waals surface area (Å²) in [4.78, 5) is 40.6. The highest BCUT2D eigenvalue weighted by atomic mass is 16.5. The molecule has 0 aliphatic heterocycles. The van der Waals surface area contributed by atoms with Crippen molar-refractivity contribution in [3.05, 3.63) is 66.1 Å². The number of carbonyl (C=O) groups is 3. The van der Waals surface area contributed by atoms with Crippen LogP contribution < -0.4 is 15.4 Å². The molecule has 0 saturated carbocycles. The van der Waals surface area contributed by atoms with E-state index in [9.17, 15) is 19.5 Å². The molecule has 0 radical (unpaired) electrons. The van der Waals surface area contributed by atoms with Gasteiger partial charge in [-0.3, -0.25) is 9.59 Å². The zero-order valence-electron chi connectivity index (χ0n) is 16.5. The molecular formula is C21H22N4O5. The van der Waals surface area contributed by atoms with Gasteiger partial charge in [0.05, 0.1) is 7.11 Å². The second kappa shape index (κ2) is 9.08. The summed E-state index contributed by atoms with van der Waals surface area (Å²) in [5.74, 6) is -1.65. The van der Waals surface area contributed by atoms with Crippen LogP contribution in [0.15, 0.2) is 54.9 Å². The molecule has 3 aromatic rings. The van der Waals surface area contributed by atoms with E-state index in [1.165, 1.54) is 14.0 Å². The van der Waals surface area contributed by atoms with Crippen molar-refractivity contribution in [1.82, 2.24) is 20.0 Å². The zero-order valence-corrected chi connectivity index (χ0v) is 16.5. The Kier molecular flexibility index (Phi) is 6.31. The molecular weight excluding hydrogens is 388 g/mol. The number of pyridine rings is 1. The van der Waals surface area contributed by atoms with Crippen LogP contribution in [0, 0.1) is 0 Å². The number of carbonyl (C=O) groups excluding carboxylic acids is 2. The molecule has 2 atom stereocenters. The number of amides is 2. The van der Waals surface area contributed by atoms with Gasteiger partial charge in [0.1, 0.15) is 29.2 Å². The first-order chi connectivity index (χ1) is 14.4. The average molecular weight is 410 g/mol. The summed E-state index contributed by atoms with van der Waals surface area (Å²) in [5.41, 5.74) is 1.49. The van der Waals surface area contributed by atoms with Crippen LogP contribution in [0.2, 0.25) is 0 Å². The molecule has 3 N–H and O–H groups in total. The molecule has 1 aromatic carbocycles. The van der Waals surface area contributed by atoms with Gasteiger partial charge in [-0.25, -0.2) is 9.78 Å². The summed E-state index contributed by atoms with van der Waals surface area (Å²) in [6, 6.07) is 10.2. The number of carboxylic acids is 1. The molecule has 0 saturated heterocycles. The Morgan fingerprint density at radius 2 is 1.87 bits per heavy atom. The highest BCUT2D eigenvalue weighted by molar-refractivity contribution is 5.97. The van der Waals surface area contributed by atoms with Gasteiger partial charge in [-0.05, 0) is 36.8 Å². The van der Waals surface area contributed by atoms with E-state index in [1.54, 1.807) is 59.3 Å². The fraction of sp³-hybridized carbons (Fsp3) is 0.238. The van der Waals surface area contributed by atoms with Gasteiger partial charge in [-0.1, -0.05) is 18.2 Å². The number of aliphatic carboxylic acids is 1. The number of rotatable bonds is 8. The van der Waals surface area contributed by atoms with Crippen LogP contribution in [0.1, 0.15) is 23.0 Å². The molecule has 30 heavy (non-hydrogen) atoms. The monoisotopic (exact) mass is 410 g/mol. The Balaban J connectivity index is 1.61. The highest BCUT2D eigenvalue weighted by Gasteiger charge is 2.25. The average Bonchev–Trinajstić information content (AvgIpc) is 3.18. The van der Waals surface area contributed by atoms with E-state index in [1.807, 2.05) is 0 Å². The summed E-state index contributed by atoms with van der Waals surface area (Å²) in [6.07, 6.45) is 3.41. The summed E-state index contributed by atoms with van der Waals surface area (Å²) >= 11 is 0. The van der Waals surface area contributed by atoms with Gasteiger partial charge < -0.3 is 24.9 Å². The topological polar surface area (TPSA) is 122 Å². The number of hydrogen-bond acceptors (Lipinski definition) is 5. The van der Waals surface area contributed by atoms with Crippen LogP contribution in [-0.2, 0) is 16.0 Å². The Hall–Kier alpha value is -3.88. The zero-order chi connectivity index (χ0) is 21.7. The Morgan fingerprint density at radius 1 is 1.13 bits per heavy atom.